The van der Waals surface area contributed by atoms with Crippen molar-refractivity contribution in [3.8, 4) is 0 Å². The van der Waals surface area contributed by atoms with Crippen molar-refractivity contribution in [1.29, 1.82) is 0 Å². The van der Waals surface area contributed by atoms with E-state index in [4.69, 9.17) is 16.6 Å². The van der Waals surface area contributed by atoms with Crippen molar-refractivity contribution in [3.05, 3.63) is 82.2 Å². The van der Waals surface area contributed by atoms with Crippen LogP contribution < -0.4 is 5.63 Å². The lowest BCUT2D eigenvalue weighted by Gasteiger charge is -2.33. The Morgan fingerprint density at radius 3 is 2.53 bits per heavy atom. The van der Waals surface area contributed by atoms with E-state index in [1.54, 1.807) is 18.2 Å². The van der Waals surface area contributed by atoms with Crippen LogP contribution in [0.4, 0.5) is 0 Å². The molecule has 2 heterocycles. The van der Waals surface area contributed by atoms with Crippen molar-refractivity contribution in [1.82, 2.24) is 4.90 Å². The molecule has 0 unspecified atom stereocenters. The minimum Gasteiger partial charge on any atom is -0.422 e. The summed E-state index contributed by atoms with van der Waals surface area (Å²) in [6.07, 6.45) is 3.29. The van der Waals surface area contributed by atoms with E-state index >= 15 is 0 Å². The first kappa shape index (κ1) is 20.8. The average Bonchev–Trinajstić information content (AvgIpc) is 2.78. The molecule has 0 amide bonds. The number of ketones is 1. The summed E-state index contributed by atoms with van der Waals surface area (Å²) in [5.41, 5.74) is 1.37. The predicted molar refractivity (Wildman–Crippen MR) is 126 cm³/mol. The van der Waals surface area contributed by atoms with Crippen molar-refractivity contribution in [2.75, 3.05) is 18.8 Å². The number of fused-ring (bicyclic) bond motifs is 1. The standard InChI is InChI=1S/C24H23NO3S2/c26-21(20-15-19-8-4-5-9-22(19)28-23(20)27)16-30-24(29)25-12-10-18(11-13-25)14-17-6-2-1-3-7-17/h1-9,15,18H,10-14,16H2. The average molecular weight is 438 g/mol. The Morgan fingerprint density at radius 1 is 1.07 bits per heavy atom. The number of rotatable bonds is 5. The van der Waals surface area contributed by atoms with Crippen LogP contribution in [0.2, 0.25) is 0 Å². The van der Waals surface area contributed by atoms with Gasteiger partial charge in [0.15, 0.2) is 5.78 Å². The predicted octanol–water partition coefficient (Wildman–Crippen LogP) is 4.95. The minimum absolute atomic E-state index is 0.0885. The number of para-hydroxylation sites is 1. The molecule has 0 bridgehead atoms. The Labute approximate surface area is 185 Å². The third-order valence-corrected chi connectivity index (χ3v) is 7.03. The molecule has 6 heteroatoms. The van der Waals surface area contributed by atoms with Crippen LogP contribution >= 0.6 is 24.0 Å². The maximum atomic E-state index is 12.6. The van der Waals surface area contributed by atoms with Gasteiger partial charge in [-0.05, 0) is 42.9 Å². The van der Waals surface area contributed by atoms with Crippen molar-refractivity contribution >= 4 is 45.1 Å². The molecule has 3 aromatic rings. The van der Waals surface area contributed by atoms with Gasteiger partial charge in [-0.2, -0.15) is 0 Å². The fraction of sp³-hybridized carbons (Fsp3) is 0.292. The second-order valence-corrected chi connectivity index (χ2v) is 9.19. The van der Waals surface area contributed by atoms with Crippen LogP contribution in [0, 0.1) is 5.92 Å². The summed E-state index contributed by atoms with van der Waals surface area (Å²) in [5, 5.41) is 0.744. The lowest BCUT2D eigenvalue weighted by atomic mass is 9.90. The number of hydrogen-bond acceptors (Lipinski definition) is 5. The van der Waals surface area contributed by atoms with Gasteiger partial charge < -0.3 is 9.32 Å². The van der Waals surface area contributed by atoms with Gasteiger partial charge in [-0.25, -0.2) is 4.79 Å². The molecule has 30 heavy (non-hydrogen) atoms. The quantitative estimate of drug-likeness (QED) is 0.320. The molecule has 0 saturated carbocycles. The van der Waals surface area contributed by atoms with Crippen molar-refractivity contribution in [3.63, 3.8) is 0 Å². The number of thioether (sulfide) groups is 1. The smallest absolute Gasteiger partial charge is 0.347 e. The number of Topliss-reactive ketones (excluding diaryl/α,β-unsaturated/α-hetero) is 1. The fourth-order valence-electron chi connectivity index (χ4n) is 3.82. The van der Waals surface area contributed by atoms with E-state index in [0.29, 0.717) is 11.5 Å². The number of carbonyl (C=O) groups is 1. The Morgan fingerprint density at radius 2 is 1.77 bits per heavy atom. The molecule has 1 aromatic heterocycles. The van der Waals surface area contributed by atoms with Crippen molar-refractivity contribution < 1.29 is 9.21 Å². The molecule has 0 aliphatic carbocycles. The molecule has 4 rings (SSSR count). The van der Waals surface area contributed by atoms with Crippen LogP contribution in [0.3, 0.4) is 0 Å². The molecule has 0 N–H and O–H groups in total. The van der Waals surface area contributed by atoms with Crippen LogP contribution in [0.5, 0.6) is 0 Å². The highest BCUT2D eigenvalue weighted by atomic mass is 32.2. The normalized spacial score (nSPS) is 14.7. The Balaban J connectivity index is 1.29. The molecule has 4 nitrogen and oxygen atoms in total. The van der Waals surface area contributed by atoms with Crippen molar-refractivity contribution in [2.24, 2.45) is 5.92 Å². The van der Waals surface area contributed by atoms with Gasteiger partial charge in [-0.3, -0.25) is 4.79 Å². The molecule has 1 saturated heterocycles. The minimum atomic E-state index is -0.591. The highest BCUT2D eigenvalue weighted by molar-refractivity contribution is 8.23. The number of benzene rings is 2. The Bertz CT molecular complexity index is 1100. The zero-order valence-corrected chi connectivity index (χ0v) is 18.2. The Hall–Kier alpha value is -2.44. The number of likely N-dealkylation sites (tertiary alicyclic amines) is 1. The molecule has 1 aliphatic rings. The van der Waals surface area contributed by atoms with Gasteiger partial charge in [-0.15, -0.1) is 0 Å². The molecule has 0 atom stereocenters. The second kappa shape index (κ2) is 9.58. The summed E-state index contributed by atoms with van der Waals surface area (Å²) in [6, 6.07) is 19.4. The van der Waals surface area contributed by atoms with Crippen LogP contribution in [-0.2, 0) is 6.42 Å². The number of thiocarbonyl (C=S) groups is 1. The maximum Gasteiger partial charge on any atom is 0.347 e. The van der Waals surface area contributed by atoms with Crippen LogP contribution in [-0.4, -0.2) is 33.8 Å². The van der Waals surface area contributed by atoms with Gasteiger partial charge in [0.25, 0.3) is 0 Å². The first-order valence-corrected chi connectivity index (χ1v) is 11.5. The van der Waals surface area contributed by atoms with E-state index in [-0.39, 0.29) is 17.1 Å². The SMILES string of the molecule is O=C(CSC(=S)N1CCC(Cc2ccccc2)CC1)c1cc2ccccc2oc1=O. The third-order valence-electron chi connectivity index (χ3n) is 5.51. The monoisotopic (exact) mass is 437 g/mol. The topological polar surface area (TPSA) is 50.5 Å². The van der Waals surface area contributed by atoms with Gasteiger partial charge in [0.05, 0.1) is 5.75 Å². The molecular weight excluding hydrogens is 414 g/mol. The van der Waals surface area contributed by atoms with E-state index < -0.39 is 5.63 Å². The lowest BCUT2D eigenvalue weighted by molar-refractivity contribution is 0.101. The summed E-state index contributed by atoms with van der Waals surface area (Å²) in [5.74, 6) is 0.562. The summed E-state index contributed by atoms with van der Waals surface area (Å²) >= 11 is 6.89. The summed E-state index contributed by atoms with van der Waals surface area (Å²) in [4.78, 5) is 26.9. The summed E-state index contributed by atoms with van der Waals surface area (Å²) < 4.78 is 6.00. The zero-order valence-electron chi connectivity index (χ0n) is 16.6. The van der Waals surface area contributed by atoms with Crippen molar-refractivity contribution in [2.45, 2.75) is 19.3 Å². The van der Waals surface area contributed by atoms with E-state index in [1.807, 2.05) is 18.2 Å². The largest absolute Gasteiger partial charge is 0.422 e. The van der Waals surface area contributed by atoms with Gasteiger partial charge in [0.1, 0.15) is 15.5 Å². The number of nitrogens with zero attached hydrogens (tertiary/aromatic N) is 1. The molecule has 2 aromatic carbocycles. The molecule has 1 aliphatic heterocycles. The summed E-state index contributed by atoms with van der Waals surface area (Å²) in [7, 11) is 0. The first-order chi connectivity index (χ1) is 14.6. The fourth-order valence-corrected chi connectivity index (χ4v) is 4.95. The zero-order chi connectivity index (χ0) is 20.9. The van der Waals surface area contributed by atoms with Crippen LogP contribution in [0.1, 0.15) is 28.8 Å². The van der Waals surface area contributed by atoms with Gasteiger partial charge >= 0.3 is 5.63 Å². The number of hydrogen-bond donors (Lipinski definition) is 0. The van der Waals surface area contributed by atoms with Gasteiger partial charge in [0.2, 0.25) is 0 Å². The number of piperidine rings is 1. The highest BCUT2D eigenvalue weighted by Crippen LogP contribution is 2.24. The highest BCUT2D eigenvalue weighted by Gasteiger charge is 2.22. The van der Waals surface area contributed by atoms with Gasteiger partial charge in [0, 0.05) is 18.5 Å². The van der Waals surface area contributed by atoms with E-state index in [1.165, 1.54) is 17.3 Å². The van der Waals surface area contributed by atoms with E-state index in [9.17, 15) is 9.59 Å². The molecule has 0 radical (unpaired) electrons. The second-order valence-electron chi connectivity index (χ2n) is 7.58. The van der Waals surface area contributed by atoms with Gasteiger partial charge in [-0.1, -0.05) is 72.5 Å². The molecule has 1 fully saturated rings. The lowest BCUT2D eigenvalue weighted by Crippen LogP contribution is -2.37. The number of carbonyl (C=O) groups excluding carboxylic acids is 1. The molecule has 154 valence electrons. The Kier molecular flexibility index (Phi) is 6.65. The first-order valence-electron chi connectivity index (χ1n) is 10.1. The third kappa shape index (κ3) is 4.99. The maximum absolute atomic E-state index is 12.6. The molecule has 0 spiro atoms. The summed E-state index contributed by atoms with van der Waals surface area (Å²) in [6.45, 7) is 1.82. The van der Waals surface area contributed by atoms with Crippen LogP contribution in [0.15, 0.2) is 69.9 Å². The van der Waals surface area contributed by atoms with E-state index in [0.717, 1.165) is 42.1 Å². The van der Waals surface area contributed by atoms with E-state index in [2.05, 4.69) is 29.2 Å². The molecular formula is C24H23NO3S2. The van der Waals surface area contributed by atoms with Crippen LogP contribution in [0.25, 0.3) is 11.0 Å².